The molecule has 1 aromatic carbocycles. The van der Waals surface area contributed by atoms with E-state index in [1.54, 1.807) is 0 Å². The van der Waals surface area contributed by atoms with Crippen molar-refractivity contribution in [2.75, 3.05) is 14.2 Å². The van der Waals surface area contributed by atoms with Gasteiger partial charge in [-0.25, -0.2) is 14.3 Å². The van der Waals surface area contributed by atoms with Crippen LogP contribution in [0.15, 0.2) is 30.3 Å². The maximum atomic E-state index is 12.9. The molecule has 28 heavy (non-hydrogen) atoms. The molecule has 0 bridgehead atoms. The molecule has 0 spiro atoms. The Hall–Kier alpha value is -1.70. The van der Waals surface area contributed by atoms with Gasteiger partial charge in [-0.1, -0.05) is 57.5 Å². The predicted octanol–water partition coefficient (Wildman–Crippen LogP) is 5.02. The average Bonchev–Trinajstić information content (AvgIpc) is 2.98. The van der Waals surface area contributed by atoms with Crippen LogP contribution in [0, 0.1) is 0 Å². The van der Waals surface area contributed by atoms with E-state index in [4.69, 9.17) is 9.47 Å². The van der Waals surface area contributed by atoms with Crippen LogP contribution in [0.2, 0.25) is 39.3 Å². The third kappa shape index (κ3) is 4.48. The summed E-state index contributed by atoms with van der Waals surface area (Å²) in [4.78, 5) is 26.1. The van der Waals surface area contributed by atoms with Crippen molar-refractivity contribution in [3.63, 3.8) is 0 Å². The van der Waals surface area contributed by atoms with Gasteiger partial charge in [-0.15, -0.1) is 0 Å². The van der Waals surface area contributed by atoms with Crippen LogP contribution in [-0.4, -0.2) is 42.3 Å². The second kappa shape index (κ2) is 8.35. The van der Waals surface area contributed by atoms with E-state index in [9.17, 15) is 9.59 Å². The molecule has 1 atom stereocenters. The van der Waals surface area contributed by atoms with Gasteiger partial charge in [-0.2, -0.15) is 0 Å². The summed E-state index contributed by atoms with van der Waals surface area (Å²) in [6.45, 7) is 14.0. The van der Waals surface area contributed by atoms with Crippen molar-refractivity contribution in [3.8, 4) is 11.3 Å². The molecule has 0 fully saturated rings. The standard InChI is InChI=1S/C20H30NO4PSi2/c1-24-18(22)15-16(14-12-10-9-11-13-14)21-26(17(15)19(23)25-2)20(27(3,4)5)28(6,7)8/h9-13,20H,1-8H3/p+1. The summed E-state index contributed by atoms with van der Waals surface area (Å²) in [7, 11) is -1.72. The number of aromatic amines is 1. The maximum Gasteiger partial charge on any atom is 0.348 e. The molecule has 0 aliphatic carbocycles. The summed E-state index contributed by atoms with van der Waals surface area (Å²) in [5.74, 6) is -0.937. The molecule has 8 heteroatoms. The average molecular weight is 437 g/mol. The zero-order chi connectivity index (χ0) is 21.3. The highest BCUT2D eigenvalue weighted by Crippen LogP contribution is 2.52. The van der Waals surface area contributed by atoms with Crippen LogP contribution in [-0.2, 0) is 9.47 Å². The molecule has 5 nitrogen and oxygen atoms in total. The summed E-state index contributed by atoms with van der Waals surface area (Å²) in [6.07, 6.45) is 0. The topological polar surface area (TPSA) is 66.7 Å². The Morgan fingerprint density at radius 2 is 1.39 bits per heavy atom. The fourth-order valence-electron chi connectivity index (χ4n) is 4.15. The highest BCUT2D eigenvalue weighted by Gasteiger charge is 2.48. The Bertz CT molecular complexity index is 853. The van der Waals surface area contributed by atoms with Gasteiger partial charge in [-0.05, 0) is 12.1 Å². The maximum absolute atomic E-state index is 12.9. The molecule has 0 amide bonds. The summed E-state index contributed by atoms with van der Waals surface area (Å²) >= 11 is 0. The quantitative estimate of drug-likeness (QED) is 0.471. The number of H-pyrrole nitrogens is 1. The first-order valence-electron chi connectivity index (χ1n) is 9.33. The van der Waals surface area contributed by atoms with Gasteiger partial charge in [0.1, 0.15) is 7.69 Å². The molecule has 152 valence electrons. The van der Waals surface area contributed by atoms with Gasteiger partial charge in [0.2, 0.25) is 5.69 Å². The molecule has 0 saturated heterocycles. The largest absolute Gasteiger partial charge is 0.465 e. The molecule has 0 aliphatic rings. The molecule has 2 aromatic rings. The van der Waals surface area contributed by atoms with Crippen LogP contribution >= 0.6 is 7.69 Å². The van der Waals surface area contributed by atoms with Crippen LogP contribution in [0.1, 0.15) is 25.4 Å². The first-order chi connectivity index (χ1) is 12.9. The van der Waals surface area contributed by atoms with Crippen LogP contribution in [0.25, 0.3) is 11.3 Å². The monoisotopic (exact) mass is 436 g/mol. The van der Waals surface area contributed by atoms with Gasteiger partial charge < -0.3 is 9.47 Å². The third-order valence-electron chi connectivity index (χ3n) is 4.69. The lowest BCUT2D eigenvalue weighted by molar-refractivity contribution is -0.278. The Morgan fingerprint density at radius 3 is 1.82 bits per heavy atom. The minimum atomic E-state index is -1.67. The number of hydrogen-bond donors (Lipinski definition) is 0. The first-order valence-corrected chi connectivity index (χ1v) is 17.9. The normalized spacial score (nSPS) is 12.8. The number of hydrogen-bond acceptors (Lipinski definition) is 4. The van der Waals surface area contributed by atoms with Crippen molar-refractivity contribution in [1.82, 2.24) is 0 Å². The van der Waals surface area contributed by atoms with Crippen LogP contribution in [0.5, 0.6) is 0 Å². The zero-order valence-corrected chi connectivity index (χ0v) is 20.9. The molecular weight excluding hydrogens is 405 g/mol. The Kier molecular flexibility index (Phi) is 6.74. The van der Waals surface area contributed by atoms with Gasteiger partial charge in [0.15, 0.2) is 10.9 Å². The Morgan fingerprint density at radius 1 is 0.893 bits per heavy atom. The van der Waals surface area contributed by atoms with E-state index < -0.39 is 35.8 Å². The summed E-state index contributed by atoms with van der Waals surface area (Å²) in [6, 6.07) is 9.66. The molecule has 1 aromatic heterocycles. The lowest BCUT2D eigenvalue weighted by Crippen LogP contribution is -2.44. The molecular formula is C20H31NO4PSi2+. The molecule has 0 aliphatic heterocycles. The second-order valence-electron chi connectivity index (χ2n) is 9.06. The number of benzene rings is 1. The highest BCUT2D eigenvalue weighted by molar-refractivity contribution is 7.53. The summed E-state index contributed by atoms with van der Waals surface area (Å²) < 4.78 is 13.8. The minimum Gasteiger partial charge on any atom is -0.465 e. The Labute approximate surface area is 170 Å². The zero-order valence-electron chi connectivity index (χ0n) is 18.0. The van der Waals surface area contributed by atoms with Gasteiger partial charge in [0, 0.05) is 10.5 Å². The number of esters is 2. The van der Waals surface area contributed by atoms with E-state index in [2.05, 4.69) is 44.0 Å². The van der Waals surface area contributed by atoms with Crippen LogP contribution < -0.4 is 4.75 Å². The molecule has 1 heterocycles. The van der Waals surface area contributed by atoms with E-state index >= 15 is 0 Å². The molecule has 1 unspecified atom stereocenters. The number of carbonyl (C=O) groups excluding carboxylic acids is 2. The SMILES string of the molecule is COC(=O)c1c(-c2ccccc2)[nH+]p(C([Si](C)(C)C)[Si](C)(C)C)c1C(=O)OC. The van der Waals surface area contributed by atoms with Crippen molar-refractivity contribution < 1.29 is 23.8 Å². The molecule has 0 saturated carbocycles. The number of methoxy groups -OCH3 is 2. The molecule has 2 rings (SSSR count). The number of nitrogens with one attached hydrogen (secondary N) is 1. The van der Waals surface area contributed by atoms with Gasteiger partial charge >= 0.3 is 11.9 Å². The number of aromatic nitrogens is 1. The fourth-order valence-corrected chi connectivity index (χ4v) is 23.6. The van der Waals surface area contributed by atoms with E-state index in [0.29, 0.717) is 21.5 Å². The third-order valence-corrected chi connectivity index (χ3v) is 21.2. The van der Waals surface area contributed by atoms with Crippen molar-refractivity contribution >= 4 is 35.8 Å². The summed E-state index contributed by atoms with van der Waals surface area (Å²) in [5, 5.41) is 0.470. The molecule has 1 N–H and O–H groups in total. The van der Waals surface area contributed by atoms with Gasteiger partial charge in [0.05, 0.1) is 30.4 Å². The van der Waals surface area contributed by atoms with Gasteiger partial charge in [-0.3, -0.25) is 0 Å². The van der Waals surface area contributed by atoms with E-state index in [0.717, 1.165) is 5.56 Å². The first kappa shape index (κ1) is 22.6. The van der Waals surface area contributed by atoms with Crippen molar-refractivity contribution in [1.29, 1.82) is 0 Å². The van der Waals surface area contributed by atoms with E-state index in [1.807, 2.05) is 30.3 Å². The van der Waals surface area contributed by atoms with Crippen LogP contribution in [0.4, 0.5) is 0 Å². The highest BCUT2D eigenvalue weighted by atomic mass is 31.1. The minimum absolute atomic E-state index is 0.327. The van der Waals surface area contributed by atoms with Crippen molar-refractivity contribution in [2.45, 2.75) is 44.2 Å². The molecule has 0 radical (unpaired) electrons. The van der Waals surface area contributed by atoms with E-state index in [-0.39, 0.29) is 0 Å². The lowest BCUT2D eigenvalue weighted by atomic mass is 10.1. The van der Waals surface area contributed by atoms with Crippen LogP contribution in [0.3, 0.4) is 0 Å². The van der Waals surface area contributed by atoms with Crippen molar-refractivity contribution in [2.24, 2.45) is 0 Å². The lowest BCUT2D eigenvalue weighted by Gasteiger charge is -2.35. The summed E-state index contributed by atoms with van der Waals surface area (Å²) in [5.41, 5.74) is 1.88. The number of ether oxygens (including phenoxy) is 2. The van der Waals surface area contributed by atoms with Gasteiger partial charge in [0.25, 0.3) is 0 Å². The predicted molar refractivity (Wildman–Crippen MR) is 120 cm³/mol. The number of rotatable bonds is 6. The second-order valence-corrected chi connectivity index (χ2v) is 23.2. The number of carbonyl (C=O) groups is 2. The van der Waals surface area contributed by atoms with E-state index in [1.165, 1.54) is 14.2 Å². The van der Waals surface area contributed by atoms with Crippen molar-refractivity contribution in [3.05, 3.63) is 41.2 Å². The fraction of sp³-hybridized carbons (Fsp3) is 0.450. The Balaban J connectivity index is 2.95. The smallest absolute Gasteiger partial charge is 0.348 e.